The Bertz CT molecular complexity index is 312. The highest BCUT2D eigenvalue weighted by Crippen LogP contribution is 2.04. The molecular weight excluding hydrogens is 174 g/mol. The summed E-state index contributed by atoms with van der Waals surface area (Å²) < 4.78 is 1.89. The molecule has 0 aliphatic carbocycles. The summed E-state index contributed by atoms with van der Waals surface area (Å²) >= 11 is 0. The lowest BCUT2D eigenvalue weighted by Gasteiger charge is -2.05. The summed E-state index contributed by atoms with van der Waals surface area (Å²) in [4.78, 5) is 0. The SMILES string of the molecule is C=C(CC)CNCc1cnn(C)c1C. The molecule has 1 aromatic heterocycles. The molecule has 14 heavy (non-hydrogen) atoms. The van der Waals surface area contributed by atoms with E-state index in [1.54, 1.807) is 0 Å². The Morgan fingerprint density at radius 3 is 2.86 bits per heavy atom. The summed E-state index contributed by atoms with van der Waals surface area (Å²) in [6.45, 7) is 9.92. The Kier molecular flexibility index (Phi) is 3.89. The Hall–Kier alpha value is -1.09. The second kappa shape index (κ2) is 4.96. The summed E-state index contributed by atoms with van der Waals surface area (Å²) in [6, 6.07) is 0. The highest BCUT2D eigenvalue weighted by atomic mass is 15.3. The minimum atomic E-state index is 0.874. The van der Waals surface area contributed by atoms with E-state index in [9.17, 15) is 0 Å². The van der Waals surface area contributed by atoms with Crippen molar-refractivity contribution in [3.63, 3.8) is 0 Å². The first-order valence-electron chi connectivity index (χ1n) is 5.00. The lowest BCUT2D eigenvalue weighted by molar-refractivity contribution is 0.711. The fraction of sp³-hybridized carbons (Fsp3) is 0.545. The third-order valence-corrected chi connectivity index (χ3v) is 2.53. The van der Waals surface area contributed by atoms with E-state index in [1.165, 1.54) is 16.8 Å². The van der Waals surface area contributed by atoms with Crippen molar-refractivity contribution in [1.29, 1.82) is 0 Å². The molecule has 0 saturated heterocycles. The Labute approximate surface area is 85.8 Å². The third kappa shape index (κ3) is 2.70. The average Bonchev–Trinajstić information content (AvgIpc) is 2.49. The van der Waals surface area contributed by atoms with Crippen LogP contribution in [0.5, 0.6) is 0 Å². The molecule has 0 amide bonds. The van der Waals surface area contributed by atoms with Gasteiger partial charge in [0.25, 0.3) is 0 Å². The zero-order chi connectivity index (χ0) is 10.6. The number of nitrogens with one attached hydrogen (secondary N) is 1. The van der Waals surface area contributed by atoms with E-state index >= 15 is 0 Å². The minimum absolute atomic E-state index is 0.874. The standard InChI is InChI=1S/C11H19N3/c1-5-9(2)6-12-7-11-8-13-14(4)10(11)3/h8,12H,2,5-7H2,1,3-4H3. The molecule has 0 aromatic carbocycles. The van der Waals surface area contributed by atoms with Gasteiger partial charge in [-0.15, -0.1) is 0 Å². The van der Waals surface area contributed by atoms with E-state index in [1.807, 2.05) is 17.9 Å². The molecule has 1 aromatic rings. The first-order valence-corrected chi connectivity index (χ1v) is 5.00. The van der Waals surface area contributed by atoms with Crippen LogP contribution in [0, 0.1) is 6.92 Å². The van der Waals surface area contributed by atoms with Gasteiger partial charge in [0.05, 0.1) is 6.20 Å². The Morgan fingerprint density at radius 2 is 2.36 bits per heavy atom. The molecule has 1 rings (SSSR count). The normalized spacial score (nSPS) is 10.5. The lowest BCUT2D eigenvalue weighted by atomic mass is 10.2. The van der Waals surface area contributed by atoms with Gasteiger partial charge in [0.1, 0.15) is 0 Å². The van der Waals surface area contributed by atoms with Gasteiger partial charge in [-0.2, -0.15) is 5.10 Å². The van der Waals surface area contributed by atoms with Crippen molar-refractivity contribution in [3.8, 4) is 0 Å². The molecule has 0 aliphatic heterocycles. The fourth-order valence-electron chi connectivity index (χ4n) is 1.22. The van der Waals surface area contributed by atoms with Crippen LogP contribution in [-0.2, 0) is 13.6 Å². The molecule has 0 spiro atoms. The number of hydrogen-bond acceptors (Lipinski definition) is 2. The van der Waals surface area contributed by atoms with Crippen LogP contribution in [0.25, 0.3) is 0 Å². The maximum absolute atomic E-state index is 4.19. The van der Waals surface area contributed by atoms with E-state index in [0.717, 1.165) is 19.5 Å². The summed E-state index contributed by atoms with van der Waals surface area (Å²) in [5, 5.41) is 7.54. The lowest BCUT2D eigenvalue weighted by Crippen LogP contribution is -2.16. The molecule has 3 nitrogen and oxygen atoms in total. The molecule has 0 unspecified atom stereocenters. The topological polar surface area (TPSA) is 29.9 Å². The quantitative estimate of drug-likeness (QED) is 0.722. The van der Waals surface area contributed by atoms with Gasteiger partial charge in [-0.25, -0.2) is 0 Å². The van der Waals surface area contributed by atoms with E-state index in [2.05, 4.69) is 30.8 Å². The predicted octanol–water partition coefficient (Wildman–Crippen LogP) is 1.78. The van der Waals surface area contributed by atoms with Crippen molar-refractivity contribution < 1.29 is 0 Å². The molecule has 0 atom stereocenters. The first kappa shape index (κ1) is 11.0. The smallest absolute Gasteiger partial charge is 0.0537 e. The van der Waals surface area contributed by atoms with Crippen LogP contribution in [0.2, 0.25) is 0 Å². The predicted molar refractivity (Wildman–Crippen MR) is 59.1 cm³/mol. The van der Waals surface area contributed by atoms with E-state index in [-0.39, 0.29) is 0 Å². The van der Waals surface area contributed by atoms with Gasteiger partial charge in [0, 0.05) is 31.4 Å². The van der Waals surface area contributed by atoms with Crippen molar-refractivity contribution in [1.82, 2.24) is 15.1 Å². The molecule has 0 saturated carbocycles. The van der Waals surface area contributed by atoms with Gasteiger partial charge in [-0.05, 0) is 13.3 Å². The van der Waals surface area contributed by atoms with Gasteiger partial charge in [-0.1, -0.05) is 19.1 Å². The fourth-order valence-corrected chi connectivity index (χ4v) is 1.22. The molecule has 1 heterocycles. The maximum Gasteiger partial charge on any atom is 0.0537 e. The second-order valence-corrected chi connectivity index (χ2v) is 3.59. The zero-order valence-electron chi connectivity index (χ0n) is 9.30. The van der Waals surface area contributed by atoms with Crippen LogP contribution in [0.4, 0.5) is 0 Å². The van der Waals surface area contributed by atoms with Crippen molar-refractivity contribution in [2.24, 2.45) is 7.05 Å². The summed E-state index contributed by atoms with van der Waals surface area (Å²) in [5.41, 5.74) is 3.72. The van der Waals surface area contributed by atoms with Crippen LogP contribution >= 0.6 is 0 Å². The zero-order valence-corrected chi connectivity index (χ0v) is 9.30. The second-order valence-electron chi connectivity index (χ2n) is 3.59. The van der Waals surface area contributed by atoms with Crippen molar-refractivity contribution in [2.75, 3.05) is 6.54 Å². The third-order valence-electron chi connectivity index (χ3n) is 2.53. The van der Waals surface area contributed by atoms with Crippen LogP contribution in [-0.4, -0.2) is 16.3 Å². The van der Waals surface area contributed by atoms with Crippen molar-refractivity contribution in [3.05, 3.63) is 29.6 Å². The number of aromatic nitrogens is 2. The summed E-state index contributed by atoms with van der Waals surface area (Å²) in [6.07, 6.45) is 2.95. The number of hydrogen-bond donors (Lipinski definition) is 1. The number of nitrogens with zero attached hydrogens (tertiary/aromatic N) is 2. The van der Waals surface area contributed by atoms with Crippen LogP contribution in [0.3, 0.4) is 0 Å². The molecule has 0 aliphatic rings. The highest BCUT2D eigenvalue weighted by Gasteiger charge is 2.02. The minimum Gasteiger partial charge on any atom is -0.309 e. The summed E-state index contributed by atoms with van der Waals surface area (Å²) in [7, 11) is 1.96. The first-order chi connectivity index (χ1) is 6.65. The highest BCUT2D eigenvalue weighted by molar-refractivity contribution is 5.15. The molecule has 3 heteroatoms. The maximum atomic E-state index is 4.19. The van der Waals surface area contributed by atoms with Crippen LogP contribution in [0.15, 0.2) is 18.3 Å². The van der Waals surface area contributed by atoms with Gasteiger partial charge < -0.3 is 5.32 Å². The number of aryl methyl sites for hydroxylation is 1. The van der Waals surface area contributed by atoms with Crippen LogP contribution < -0.4 is 5.32 Å². The number of rotatable bonds is 5. The average molecular weight is 193 g/mol. The molecule has 1 N–H and O–H groups in total. The molecule has 0 bridgehead atoms. The molecule has 0 fully saturated rings. The molecular formula is C11H19N3. The van der Waals surface area contributed by atoms with Crippen LogP contribution in [0.1, 0.15) is 24.6 Å². The van der Waals surface area contributed by atoms with Gasteiger partial charge >= 0.3 is 0 Å². The van der Waals surface area contributed by atoms with Gasteiger partial charge in [0.2, 0.25) is 0 Å². The molecule has 0 radical (unpaired) electrons. The van der Waals surface area contributed by atoms with Crippen molar-refractivity contribution >= 4 is 0 Å². The molecule has 78 valence electrons. The largest absolute Gasteiger partial charge is 0.309 e. The van der Waals surface area contributed by atoms with E-state index < -0.39 is 0 Å². The Morgan fingerprint density at radius 1 is 1.64 bits per heavy atom. The van der Waals surface area contributed by atoms with Crippen molar-refractivity contribution in [2.45, 2.75) is 26.8 Å². The Balaban J connectivity index is 2.39. The van der Waals surface area contributed by atoms with E-state index in [4.69, 9.17) is 0 Å². The van der Waals surface area contributed by atoms with Gasteiger partial charge in [-0.3, -0.25) is 4.68 Å². The monoisotopic (exact) mass is 193 g/mol. The van der Waals surface area contributed by atoms with E-state index in [0.29, 0.717) is 0 Å². The summed E-state index contributed by atoms with van der Waals surface area (Å²) in [5.74, 6) is 0. The van der Waals surface area contributed by atoms with Gasteiger partial charge in [0.15, 0.2) is 0 Å².